The van der Waals surface area contributed by atoms with Gasteiger partial charge in [0.25, 0.3) is 0 Å². The molecule has 0 spiro atoms. The number of carbonyl (C=O) groups is 1. The lowest BCUT2D eigenvalue weighted by atomic mass is 10.2. The van der Waals surface area contributed by atoms with Crippen LogP contribution in [0.25, 0.3) is 0 Å². The zero-order chi connectivity index (χ0) is 7.28. The molecule has 0 aliphatic heterocycles. The zero-order valence-electron chi connectivity index (χ0n) is 6.02. The molecule has 0 heterocycles. The second-order valence-corrected chi connectivity index (χ2v) is 1.86. The molecule has 0 bridgehead atoms. The summed E-state index contributed by atoms with van der Waals surface area (Å²) in [5.74, 6) is -0.194. The summed E-state index contributed by atoms with van der Waals surface area (Å²) >= 11 is 0. The number of carbonyl (C=O) groups excluding carboxylic acids is 1. The Hall–Kier alpha value is -0.570. The van der Waals surface area contributed by atoms with E-state index in [0.717, 1.165) is 6.42 Å². The molecule has 3 N–H and O–H groups in total. The van der Waals surface area contributed by atoms with Gasteiger partial charge in [-0.05, 0) is 6.92 Å². The highest BCUT2D eigenvalue weighted by Crippen LogP contribution is 1.86. The molecule has 0 fully saturated rings. The van der Waals surface area contributed by atoms with E-state index in [1.54, 1.807) is 6.92 Å². The summed E-state index contributed by atoms with van der Waals surface area (Å²) < 4.78 is 4.69. The van der Waals surface area contributed by atoms with E-state index in [0.29, 0.717) is 6.61 Å². The first-order valence-corrected chi connectivity index (χ1v) is 3.22. The smallest absolute Gasteiger partial charge is 0.364 e. The summed E-state index contributed by atoms with van der Waals surface area (Å²) in [6, 6.07) is -0.190. The molecular weight excluding hydrogens is 118 g/mol. The molecule has 0 amide bonds. The molecule has 1 unspecified atom stereocenters. The van der Waals surface area contributed by atoms with Crippen LogP contribution in [0.3, 0.4) is 0 Å². The van der Waals surface area contributed by atoms with E-state index in [1.807, 2.05) is 6.92 Å². The van der Waals surface area contributed by atoms with Crippen LogP contribution in [-0.4, -0.2) is 18.6 Å². The van der Waals surface area contributed by atoms with E-state index in [1.165, 1.54) is 0 Å². The van der Waals surface area contributed by atoms with Crippen LogP contribution in [0.4, 0.5) is 0 Å². The molecule has 3 heteroatoms. The van der Waals surface area contributed by atoms with Crippen molar-refractivity contribution in [3.05, 3.63) is 0 Å². The summed E-state index contributed by atoms with van der Waals surface area (Å²) in [5, 5.41) is 0. The van der Waals surface area contributed by atoms with Crippen molar-refractivity contribution in [1.29, 1.82) is 0 Å². The summed E-state index contributed by atoms with van der Waals surface area (Å²) in [5.41, 5.74) is 3.60. The number of rotatable bonds is 3. The number of hydrogen-bond donors (Lipinski definition) is 1. The summed E-state index contributed by atoms with van der Waals surface area (Å²) in [6.07, 6.45) is 0.749. The lowest BCUT2D eigenvalue weighted by Gasteiger charge is -2.02. The minimum atomic E-state index is -0.194. The minimum Gasteiger partial charge on any atom is -0.462 e. The summed E-state index contributed by atoms with van der Waals surface area (Å²) in [7, 11) is 0. The van der Waals surface area contributed by atoms with Crippen LogP contribution in [0, 0.1) is 0 Å². The molecule has 3 nitrogen and oxygen atoms in total. The highest BCUT2D eigenvalue weighted by atomic mass is 16.5. The first-order chi connectivity index (χ1) is 4.22. The number of esters is 1. The Labute approximate surface area is 55.2 Å². The summed E-state index contributed by atoms with van der Waals surface area (Å²) in [4.78, 5) is 10.7. The third-order valence-corrected chi connectivity index (χ3v) is 1.11. The Bertz CT molecular complexity index is 93.1. The molecule has 1 atom stereocenters. The van der Waals surface area contributed by atoms with Crippen LogP contribution in [0.1, 0.15) is 20.3 Å². The van der Waals surface area contributed by atoms with E-state index in [9.17, 15) is 4.79 Å². The second-order valence-electron chi connectivity index (χ2n) is 1.86. The van der Waals surface area contributed by atoms with E-state index in [2.05, 4.69) is 5.73 Å². The quantitative estimate of drug-likeness (QED) is 0.530. The maximum Gasteiger partial charge on any atom is 0.364 e. The first-order valence-electron chi connectivity index (χ1n) is 3.22. The van der Waals surface area contributed by atoms with Gasteiger partial charge in [-0.25, -0.2) is 4.79 Å². The van der Waals surface area contributed by atoms with Crippen LogP contribution in [0.5, 0.6) is 0 Å². The largest absolute Gasteiger partial charge is 0.462 e. The second kappa shape index (κ2) is 4.32. The van der Waals surface area contributed by atoms with Crippen molar-refractivity contribution in [3.8, 4) is 0 Å². The van der Waals surface area contributed by atoms with Crippen molar-refractivity contribution < 1.29 is 15.3 Å². The van der Waals surface area contributed by atoms with Crippen molar-refractivity contribution in [2.45, 2.75) is 26.3 Å². The average Bonchev–Trinajstić information content (AvgIpc) is 1.87. The van der Waals surface area contributed by atoms with Gasteiger partial charge in [-0.3, -0.25) is 0 Å². The average molecular weight is 132 g/mol. The third kappa shape index (κ3) is 3.08. The Morgan fingerprint density at radius 1 is 1.67 bits per heavy atom. The molecular formula is C6H14NO2+. The third-order valence-electron chi connectivity index (χ3n) is 1.11. The molecule has 0 aliphatic rings. The van der Waals surface area contributed by atoms with Gasteiger partial charge in [-0.2, -0.15) is 0 Å². The van der Waals surface area contributed by atoms with Crippen molar-refractivity contribution in [2.24, 2.45) is 0 Å². The van der Waals surface area contributed by atoms with Gasteiger partial charge in [0.15, 0.2) is 6.04 Å². The van der Waals surface area contributed by atoms with Gasteiger partial charge in [0.1, 0.15) is 0 Å². The molecule has 54 valence electrons. The van der Waals surface area contributed by atoms with Gasteiger partial charge in [-0.15, -0.1) is 0 Å². The molecule has 0 saturated carbocycles. The highest BCUT2D eigenvalue weighted by molar-refractivity contribution is 5.73. The van der Waals surface area contributed by atoms with Gasteiger partial charge >= 0.3 is 5.97 Å². The Morgan fingerprint density at radius 2 is 2.22 bits per heavy atom. The SMILES string of the molecule is CCOC(=O)C([NH3+])CC. The molecule has 0 aromatic heterocycles. The summed E-state index contributed by atoms with van der Waals surface area (Å²) in [6.45, 7) is 4.15. The predicted octanol–water partition coefficient (Wildman–Crippen LogP) is -0.430. The standard InChI is InChI=1S/C6H13NO2/c1-3-5(7)6(8)9-4-2/h5H,3-4,7H2,1-2H3/p+1. The van der Waals surface area contributed by atoms with Crippen LogP contribution in [0.15, 0.2) is 0 Å². The van der Waals surface area contributed by atoms with E-state index in [4.69, 9.17) is 4.74 Å². The normalized spacial score (nSPS) is 12.8. The van der Waals surface area contributed by atoms with Crippen molar-refractivity contribution in [1.82, 2.24) is 0 Å². The zero-order valence-corrected chi connectivity index (χ0v) is 6.02. The molecule has 0 aliphatic carbocycles. The van der Waals surface area contributed by atoms with Crippen LogP contribution in [-0.2, 0) is 9.53 Å². The fourth-order valence-corrected chi connectivity index (χ4v) is 0.427. The van der Waals surface area contributed by atoms with Gasteiger partial charge in [0.2, 0.25) is 0 Å². The van der Waals surface area contributed by atoms with E-state index >= 15 is 0 Å². The first kappa shape index (κ1) is 8.43. The maximum atomic E-state index is 10.7. The van der Waals surface area contributed by atoms with Gasteiger partial charge in [-0.1, -0.05) is 6.92 Å². The van der Waals surface area contributed by atoms with Crippen molar-refractivity contribution in [2.75, 3.05) is 6.61 Å². The van der Waals surface area contributed by atoms with Crippen LogP contribution < -0.4 is 5.73 Å². The fraction of sp³-hybridized carbons (Fsp3) is 0.833. The maximum absolute atomic E-state index is 10.7. The van der Waals surface area contributed by atoms with E-state index < -0.39 is 0 Å². The lowest BCUT2D eigenvalue weighted by molar-refractivity contribution is -0.408. The highest BCUT2D eigenvalue weighted by Gasteiger charge is 2.14. The molecule has 0 rings (SSSR count). The van der Waals surface area contributed by atoms with Crippen LogP contribution in [0.2, 0.25) is 0 Å². The van der Waals surface area contributed by atoms with Crippen molar-refractivity contribution >= 4 is 5.97 Å². The minimum absolute atomic E-state index is 0.190. The number of ether oxygens (including phenoxy) is 1. The number of quaternary nitrogens is 1. The van der Waals surface area contributed by atoms with Crippen LogP contribution >= 0.6 is 0 Å². The molecule has 0 aromatic rings. The monoisotopic (exact) mass is 132 g/mol. The predicted molar refractivity (Wildman–Crippen MR) is 33.6 cm³/mol. The Kier molecular flexibility index (Phi) is 4.05. The fourth-order valence-electron chi connectivity index (χ4n) is 0.427. The van der Waals surface area contributed by atoms with Gasteiger partial charge in [0, 0.05) is 6.42 Å². The Balaban J connectivity index is 3.46. The lowest BCUT2D eigenvalue weighted by Crippen LogP contribution is -2.64. The van der Waals surface area contributed by atoms with Gasteiger partial charge < -0.3 is 10.5 Å². The molecule has 0 radical (unpaired) electrons. The molecule has 9 heavy (non-hydrogen) atoms. The van der Waals surface area contributed by atoms with E-state index in [-0.39, 0.29) is 12.0 Å². The molecule has 0 saturated heterocycles. The molecule has 0 aromatic carbocycles. The topological polar surface area (TPSA) is 53.9 Å². The van der Waals surface area contributed by atoms with Gasteiger partial charge in [0.05, 0.1) is 6.61 Å². The number of hydrogen-bond acceptors (Lipinski definition) is 2. The Morgan fingerprint density at radius 3 is 2.56 bits per heavy atom. The van der Waals surface area contributed by atoms with Crippen molar-refractivity contribution in [3.63, 3.8) is 0 Å².